The first-order valence-corrected chi connectivity index (χ1v) is 5.35. The lowest BCUT2D eigenvalue weighted by Crippen LogP contribution is -1.93. The molecule has 0 aliphatic carbocycles. The van der Waals surface area contributed by atoms with Crippen molar-refractivity contribution < 1.29 is 0 Å². The van der Waals surface area contributed by atoms with Gasteiger partial charge in [0.2, 0.25) is 0 Å². The van der Waals surface area contributed by atoms with Gasteiger partial charge in [-0.3, -0.25) is 9.98 Å². The van der Waals surface area contributed by atoms with Gasteiger partial charge in [-0.05, 0) is 37.3 Å². The van der Waals surface area contributed by atoms with E-state index in [9.17, 15) is 0 Å². The minimum atomic E-state index is 0.720. The first-order valence-electron chi connectivity index (χ1n) is 4.97. The summed E-state index contributed by atoms with van der Waals surface area (Å²) >= 11 is 5.81. The van der Waals surface area contributed by atoms with Crippen molar-refractivity contribution in [3.8, 4) is 0 Å². The summed E-state index contributed by atoms with van der Waals surface area (Å²) in [6.45, 7) is 1.96. The zero-order valence-electron chi connectivity index (χ0n) is 8.89. The van der Waals surface area contributed by atoms with Gasteiger partial charge in [-0.25, -0.2) is 0 Å². The van der Waals surface area contributed by atoms with E-state index in [0.717, 1.165) is 22.0 Å². The smallest absolute Gasteiger partial charge is 0.0634 e. The number of aromatic nitrogens is 1. The van der Waals surface area contributed by atoms with Crippen LogP contribution in [0.2, 0.25) is 5.02 Å². The number of halogens is 1. The molecular formula is C13H11ClN2. The molecule has 3 heteroatoms. The van der Waals surface area contributed by atoms with Crippen molar-refractivity contribution in [3.05, 3.63) is 59.4 Å². The molecule has 0 bridgehead atoms. The Bertz CT molecular complexity index is 489. The van der Waals surface area contributed by atoms with E-state index in [-0.39, 0.29) is 0 Å². The highest BCUT2D eigenvalue weighted by molar-refractivity contribution is 6.30. The summed E-state index contributed by atoms with van der Waals surface area (Å²) < 4.78 is 0. The van der Waals surface area contributed by atoms with Crippen LogP contribution in [-0.2, 0) is 0 Å². The Kier molecular flexibility index (Phi) is 3.32. The van der Waals surface area contributed by atoms with Crippen LogP contribution in [-0.4, -0.2) is 10.7 Å². The minimum Gasteiger partial charge on any atom is -0.264 e. The maximum absolute atomic E-state index is 5.81. The van der Waals surface area contributed by atoms with E-state index in [2.05, 4.69) is 9.98 Å². The van der Waals surface area contributed by atoms with Crippen molar-refractivity contribution in [1.82, 2.24) is 4.98 Å². The van der Waals surface area contributed by atoms with Crippen LogP contribution in [0, 0.1) is 0 Å². The molecule has 0 saturated carbocycles. The molecule has 0 unspecified atom stereocenters. The molecule has 1 heterocycles. The minimum absolute atomic E-state index is 0.720. The summed E-state index contributed by atoms with van der Waals surface area (Å²) in [7, 11) is 0. The first kappa shape index (κ1) is 10.8. The predicted molar refractivity (Wildman–Crippen MR) is 67.6 cm³/mol. The summed E-state index contributed by atoms with van der Waals surface area (Å²) in [4.78, 5) is 8.55. The zero-order valence-corrected chi connectivity index (χ0v) is 9.65. The van der Waals surface area contributed by atoms with Gasteiger partial charge in [-0.2, -0.15) is 0 Å². The van der Waals surface area contributed by atoms with E-state index in [1.54, 1.807) is 12.4 Å². The average Bonchev–Trinajstić information content (AvgIpc) is 2.33. The van der Waals surface area contributed by atoms with Gasteiger partial charge in [-0.15, -0.1) is 0 Å². The van der Waals surface area contributed by atoms with Gasteiger partial charge < -0.3 is 0 Å². The number of hydrogen-bond acceptors (Lipinski definition) is 2. The molecule has 0 aliphatic rings. The fourth-order valence-corrected chi connectivity index (χ4v) is 1.48. The molecule has 0 spiro atoms. The van der Waals surface area contributed by atoms with Gasteiger partial charge in [-0.1, -0.05) is 17.7 Å². The normalized spacial score (nSPS) is 11.5. The van der Waals surface area contributed by atoms with Crippen molar-refractivity contribution in [3.63, 3.8) is 0 Å². The second kappa shape index (κ2) is 4.90. The van der Waals surface area contributed by atoms with Gasteiger partial charge in [0.15, 0.2) is 0 Å². The second-order valence-electron chi connectivity index (χ2n) is 3.42. The van der Waals surface area contributed by atoms with E-state index >= 15 is 0 Å². The van der Waals surface area contributed by atoms with Gasteiger partial charge in [0.25, 0.3) is 0 Å². The molecule has 0 amide bonds. The average molecular weight is 231 g/mol. The van der Waals surface area contributed by atoms with Crippen LogP contribution in [0.5, 0.6) is 0 Å². The third-order valence-electron chi connectivity index (χ3n) is 2.20. The maximum Gasteiger partial charge on any atom is 0.0634 e. The van der Waals surface area contributed by atoms with Crippen molar-refractivity contribution >= 4 is 23.0 Å². The highest BCUT2D eigenvalue weighted by Crippen LogP contribution is 2.17. The Morgan fingerprint density at radius 1 is 1.19 bits per heavy atom. The monoisotopic (exact) mass is 230 g/mol. The van der Waals surface area contributed by atoms with Crippen molar-refractivity contribution in [1.29, 1.82) is 0 Å². The zero-order chi connectivity index (χ0) is 11.4. The molecule has 0 N–H and O–H groups in total. The molecule has 0 aliphatic heterocycles. The molecule has 0 saturated heterocycles. The second-order valence-corrected chi connectivity index (χ2v) is 3.85. The molecule has 2 nitrogen and oxygen atoms in total. The Labute approximate surface area is 99.6 Å². The largest absolute Gasteiger partial charge is 0.264 e. The SMILES string of the molecule is CC(=Nc1ccc(Cl)cc1)c1cccnc1. The van der Waals surface area contributed by atoms with Crippen LogP contribution in [0.4, 0.5) is 5.69 Å². The summed E-state index contributed by atoms with van der Waals surface area (Å²) in [5, 5.41) is 0.720. The molecular weight excluding hydrogens is 220 g/mol. The number of hydrogen-bond donors (Lipinski definition) is 0. The summed E-state index contributed by atoms with van der Waals surface area (Å²) in [6, 6.07) is 11.3. The lowest BCUT2D eigenvalue weighted by atomic mass is 10.2. The number of benzene rings is 1. The van der Waals surface area contributed by atoms with Gasteiger partial charge in [0, 0.05) is 28.7 Å². The van der Waals surface area contributed by atoms with Gasteiger partial charge >= 0.3 is 0 Å². The van der Waals surface area contributed by atoms with E-state index in [0.29, 0.717) is 0 Å². The third-order valence-corrected chi connectivity index (χ3v) is 2.45. The van der Waals surface area contributed by atoms with E-state index in [1.807, 2.05) is 43.3 Å². The lowest BCUT2D eigenvalue weighted by Gasteiger charge is -2.00. The van der Waals surface area contributed by atoms with Crippen LogP contribution in [0.25, 0.3) is 0 Å². The quantitative estimate of drug-likeness (QED) is 0.719. The van der Waals surface area contributed by atoms with Crippen LogP contribution in [0.1, 0.15) is 12.5 Å². The van der Waals surface area contributed by atoms with Gasteiger partial charge in [0.1, 0.15) is 0 Å². The van der Waals surface area contributed by atoms with Crippen molar-refractivity contribution in [2.75, 3.05) is 0 Å². The molecule has 16 heavy (non-hydrogen) atoms. The van der Waals surface area contributed by atoms with Crippen LogP contribution < -0.4 is 0 Å². The Morgan fingerprint density at radius 2 is 1.94 bits per heavy atom. The Balaban J connectivity index is 2.28. The predicted octanol–water partition coefficient (Wildman–Crippen LogP) is 3.88. The Hall–Kier alpha value is -1.67. The standard InChI is InChI=1S/C13H11ClN2/c1-10(11-3-2-8-15-9-11)16-13-6-4-12(14)5-7-13/h2-9H,1H3. The summed E-state index contributed by atoms with van der Waals surface area (Å²) in [5.74, 6) is 0. The molecule has 2 rings (SSSR count). The van der Waals surface area contributed by atoms with Crippen LogP contribution in [0.3, 0.4) is 0 Å². The molecule has 1 aromatic heterocycles. The summed E-state index contributed by atoms with van der Waals surface area (Å²) in [6.07, 6.45) is 3.55. The number of nitrogens with zero attached hydrogens (tertiary/aromatic N) is 2. The van der Waals surface area contributed by atoms with Crippen molar-refractivity contribution in [2.45, 2.75) is 6.92 Å². The van der Waals surface area contributed by atoms with Crippen LogP contribution >= 0.6 is 11.6 Å². The number of rotatable bonds is 2. The fraction of sp³-hybridized carbons (Fsp3) is 0.0769. The fourth-order valence-electron chi connectivity index (χ4n) is 1.35. The molecule has 0 radical (unpaired) electrons. The molecule has 80 valence electrons. The molecule has 0 atom stereocenters. The number of aliphatic imine (C=N–C) groups is 1. The van der Waals surface area contributed by atoms with Gasteiger partial charge in [0.05, 0.1) is 5.69 Å². The highest BCUT2D eigenvalue weighted by Gasteiger charge is 1.97. The highest BCUT2D eigenvalue weighted by atomic mass is 35.5. The lowest BCUT2D eigenvalue weighted by molar-refractivity contribution is 1.31. The summed E-state index contributed by atoms with van der Waals surface area (Å²) in [5.41, 5.74) is 2.86. The number of pyridine rings is 1. The molecule has 1 aromatic carbocycles. The maximum atomic E-state index is 5.81. The first-order chi connectivity index (χ1) is 7.75. The molecule has 0 fully saturated rings. The van der Waals surface area contributed by atoms with Crippen molar-refractivity contribution in [2.24, 2.45) is 4.99 Å². The van der Waals surface area contributed by atoms with Crippen LogP contribution in [0.15, 0.2) is 53.8 Å². The molecule has 2 aromatic rings. The Morgan fingerprint density at radius 3 is 2.56 bits per heavy atom. The third kappa shape index (κ3) is 2.67. The van der Waals surface area contributed by atoms with E-state index < -0.39 is 0 Å². The van der Waals surface area contributed by atoms with E-state index in [4.69, 9.17) is 11.6 Å². The van der Waals surface area contributed by atoms with E-state index in [1.165, 1.54) is 0 Å². The topological polar surface area (TPSA) is 25.2 Å².